The van der Waals surface area contributed by atoms with E-state index < -0.39 is 23.8 Å². The Labute approximate surface area is 193 Å². The van der Waals surface area contributed by atoms with Crippen LogP contribution >= 0.6 is 15.9 Å². The largest absolute Gasteiger partial charge is 0.392 e. The van der Waals surface area contributed by atoms with Gasteiger partial charge in [-0.1, -0.05) is 22.0 Å². The van der Waals surface area contributed by atoms with Gasteiger partial charge < -0.3 is 30.9 Å². The third kappa shape index (κ3) is 8.16. The van der Waals surface area contributed by atoms with Gasteiger partial charge in [0.2, 0.25) is 23.6 Å². The van der Waals surface area contributed by atoms with E-state index in [4.69, 9.17) is 0 Å². The molecular formula is C21H26BrN5O5. The van der Waals surface area contributed by atoms with Crippen LogP contribution in [0.1, 0.15) is 18.1 Å². The molecule has 0 radical (unpaired) electrons. The molecule has 172 valence electrons. The van der Waals surface area contributed by atoms with E-state index in [0.717, 1.165) is 5.56 Å². The highest BCUT2D eigenvalue weighted by molar-refractivity contribution is 9.09. The number of nitrogens with one attached hydrogen (secondary N) is 4. The molecule has 1 aromatic heterocycles. The van der Waals surface area contributed by atoms with E-state index in [2.05, 4.69) is 37.2 Å². The van der Waals surface area contributed by atoms with Gasteiger partial charge in [0, 0.05) is 30.2 Å². The summed E-state index contributed by atoms with van der Waals surface area (Å²) in [5.41, 5.74) is 1.97. The number of amides is 4. The lowest BCUT2D eigenvalue weighted by Crippen LogP contribution is -2.49. The van der Waals surface area contributed by atoms with Crippen molar-refractivity contribution in [2.75, 3.05) is 23.7 Å². The van der Waals surface area contributed by atoms with E-state index in [-0.39, 0.29) is 30.9 Å². The van der Waals surface area contributed by atoms with Crippen LogP contribution in [0.2, 0.25) is 0 Å². The van der Waals surface area contributed by atoms with Crippen molar-refractivity contribution in [3.63, 3.8) is 0 Å². The van der Waals surface area contributed by atoms with Gasteiger partial charge in [0.15, 0.2) is 0 Å². The van der Waals surface area contributed by atoms with Crippen molar-refractivity contribution in [2.24, 2.45) is 0 Å². The lowest BCUT2D eigenvalue weighted by Gasteiger charge is -2.15. The van der Waals surface area contributed by atoms with Crippen LogP contribution in [0.4, 0.5) is 5.69 Å². The van der Waals surface area contributed by atoms with Crippen molar-refractivity contribution in [3.05, 3.63) is 53.9 Å². The molecule has 1 aromatic carbocycles. The van der Waals surface area contributed by atoms with Crippen molar-refractivity contribution in [2.45, 2.75) is 26.1 Å². The predicted molar refractivity (Wildman–Crippen MR) is 122 cm³/mol. The summed E-state index contributed by atoms with van der Waals surface area (Å²) in [6.45, 7) is 1.27. The Hall–Kier alpha value is -3.18. The molecule has 0 aliphatic carbocycles. The minimum atomic E-state index is -0.892. The Kier molecular flexibility index (Phi) is 9.89. The zero-order chi connectivity index (χ0) is 23.5. The average molecular weight is 508 g/mol. The van der Waals surface area contributed by atoms with Crippen LogP contribution in [-0.4, -0.2) is 57.8 Å². The maximum absolute atomic E-state index is 12.2. The van der Waals surface area contributed by atoms with Crippen molar-refractivity contribution in [1.29, 1.82) is 0 Å². The fourth-order valence-electron chi connectivity index (χ4n) is 2.78. The molecule has 0 fully saturated rings. The molecule has 1 heterocycles. The normalized spacial score (nSPS) is 11.3. The minimum Gasteiger partial charge on any atom is -0.392 e. The second-order valence-corrected chi connectivity index (χ2v) is 7.53. The topological polar surface area (TPSA) is 142 Å². The first-order valence-corrected chi connectivity index (χ1v) is 11.0. The van der Waals surface area contributed by atoms with E-state index in [9.17, 15) is 24.3 Å². The molecule has 0 bridgehead atoms. The number of hydrogen-bond donors (Lipinski definition) is 5. The highest BCUT2D eigenvalue weighted by Gasteiger charge is 2.17. The van der Waals surface area contributed by atoms with Gasteiger partial charge in [-0.05, 0) is 36.8 Å². The first-order valence-electron chi connectivity index (χ1n) is 9.85. The number of aromatic nitrogens is 1. The van der Waals surface area contributed by atoms with Crippen LogP contribution in [0, 0.1) is 0 Å². The molecule has 11 heteroatoms. The molecule has 2 aromatic rings. The van der Waals surface area contributed by atoms with Crippen LogP contribution in [0.3, 0.4) is 0 Å². The summed E-state index contributed by atoms with van der Waals surface area (Å²) in [6.07, 6.45) is 3.86. The first kappa shape index (κ1) is 25.1. The van der Waals surface area contributed by atoms with E-state index in [0.29, 0.717) is 17.8 Å². The van der Waals surface area contributed by atoms with E-state index >= 15 is 0 Å². The van der Waals surface area contributed by atoms with Crippen molar-refractivity contribution >= 4 is 45.2 Å². The summed E-state index contributed by atoms with van der Waals surface area (Å²) >= 11 is 2.96. The minimum absolute atomic E-state index is 0.0687. The van der Waals surface area contributed by atoms with Gasteiger partial charge in [0.05, 0.1) is 25.0 Å². The van der Waals surface area contributed by atoms with Crippen LogP contribution < -0.4 is 21.3 Å². The number of anilines is 1. The first-order chi connectivity index (χ1) is 15.3. The van der Waals surface area contributed by atoms with Gasteiger partial charge in [0.25, 0.3) is 0 Å². The summed E-state index contributed by atoms with van der Waals surface area (Å²) in [5.74, 6) is -1.91. The zero-order valence-electron chi connectivity index (χ0n) is 17.6. The molecule has 0 spiro atoms. The third-order valence-corrected chi connectivity index (χ3v) is 4.92. The molecule has 1 unspecified atom stereocenters. The SMILES string of the molecule is CC(NC(=O)CNC(=O)CBr)C(=O)NCC(=O)Nc1ccc(Cn2cccc2)cc1CO. The smallest absolute Gasteiger partial charge is 0.243 e. The van der Waals surface area contributed by atoms with E-state index in [1.165, 1.54) is 6.92 Å². The van der Waals surface area contributed by atoms with Gasteiger partial charge >= 0.3 is 0 Å². The van der Waals surface area contributed by atoms with E-state index in [1.807, 2.05) is 35.2 Å². The second-order valence-electron chi connectivity index (χ2n) is 6.97. The van der Waals surface area contributed by atoms with Gasteiger partial charge in [-0.3, -0.25) is 19.2 Å². The molecule has 0 aliphatic rings. The second kappa shape index (κ2) is 12.6. The van der Waals surface area contributed by atoms with Crippen molar-refractivity contribution in [3.8, 4) is 0 Å². The van der Waals surface area contributed by atoms with Gasteiger partial charge in [-0.15, -0.1) is 0 Å². The highest BCUT2D eigenvalue weighted by Crippen LogP contribution is 2.18. The molecule has 0 aliphatic heterocycles. The van der Waals surface area contributed by atoms with Crippen LogP contribution in [-0.2, 0) is 32.3 Å². The lowest BCUT2D eigenvalue weighted by molar-refractivity contribution is -0.129. The Morgan fingerprint density at radius 2 is 1.72 bits per heavy atom. The molecule has 10 nitrogen and oxygen atoms in total. The standard InChI is InChI=1S/C21H26BrN5O5/c1-14(25-19(30)10-23-18(29)9-22)21(32)24-11-20(31)26-17-5-4-15(8-16(17)13-28)12-27-6-2-3-7-27/h2-8,14,28H,9-13H2,1H3,(H,23,29)(H,24,32)(H,25,30)(H,26,31). The molecule has 0 saturated heterocycles. The molecule has 5 N–H and O–H groups in total. The van der Waals surface area contributed by atoms with Crippen molar-refractivity contribution < 1.29 is 24.3 Å². The monoisotopic (exact) mass is 507 g/mol. The van der Waals surface area contributed by atoms with Crippen LogP contribution in [0.5, 0.6) is 0 Å². The number of nitrogens with zero attached hydrogens (tertiary/aromatic N) is 1. The number of aliphatic hydroxyl groups is 1. The summed E-state index contributed by atoms with van der Waals surface area (Å²) in [5, 5.41) is 19.6. The van der Waals surface area contributed by atoms with Gasteiger partial charge in [0.1, 0.15) is 6.04 Å². The molecule has 0 saturated carbocycles. The number of carbonyl (C=O) groups is 4. The summed E-state index contributed by atoms with van der Waals surface area (Å²) < 4.78 is 1.99. The molecular weight excluding hydrogens is 482 g/mol. The molecule has 32 heavy (non-hydrogen) atoms. The summed E-state index contributed by atoms with van der Waals surface area (Å²) in [4.78, 5) is 47.2. The van der Waals surface area contributed by atoms with Gasteiger partial charge in [-0.25, -0.2) is 0 Å². The number of rotatable bonds is 11. The van der Waals surface area contributed by atoms with Crippen LogP contribution in [0.15, 0.2) is 42.7 Å². The number of carbonyl (C=O) groups excluding carboxylic acids is 4. The Bertz CT molecular complexity index is 948. The highest BCUT2D eigenvalue weighted by atomic mass is 79.9. The molecule has 1 atom stereocenters. The average Bonchev–Trinajstić information content (AvgIpc) is 3.29. The number of halogens is 1. The maximum atomic E-state index is 12.2. The quantitative estimate of drug-likeness (QED) is 0.274. The Balaban J connectivity index is 1.82. The molecule has 4 amide bonds. The molecule has 2 rings (SSSR count). The number of hydrogen-bond acceptors (Lipinski definition) is 5. The third-order valence-electron chi connectivity index (χ3n) is 4.41. The number of alkyl halides is 1. The number of benzene rings is 1. The fourth-order valence-corrected chi connectivity index (χ4v) is 2.98. The number of aliphatic hydroxyl groups excluding tert-OH is 1. The zero-order valence-corrected chi connectivity index (χ0v) is 19.1. The van der Waals surface area contributed by atoms with E-state index in [1.54, 1.807) is 12.1 Å². The predicted octanol–water partition coefficient (Wildman–Crippen LogP) is 0.0992. The maximum Gasteiger partial charge on any atom is 0.243 e. The summed E-state index contributed by atoms with van der Waals surface area (Å²) in [7, 11) is 0. The van der Waals surface area contributed by atoms with Gasteiger partial charge in [-0.2, -0.15) is 0 Å². The fraction of sp³-hybridized carbons (Fsp3) is 0.333. The van der Waals surface area contributed by atoms with Crippen LogP contribution in [0.25, 0.3) is 0 Å². The Morgan fingerprint density at radius 3 is 2.38 bits per heavy atom. The van der Waals surface area contributed by atoms with Crippen molar-refractivity contribution in [1.82, 2.24) is 20.5 Å². The Morgan fingerprint density at radius 1 is 1.03 bits per heavy atom. The summed E-state index contributed by atoms with van der Waals surface area (Å²) in [6, 6.07) is 8.31. The lowest BCUT2D eigenvalue weighted by atomic mass is 10.1.